The summed E-state index contributed by atoms with van der Waals surface area (Å²) >= 11 is 0. The van der Waals surface area contributed by atoms with Crippen molar-refractivity contribution in [1.29, 1.82) is 0 Å². The second-order valence-electron chi connectivity index (χ2n) is 4.96. The topological polar surface area (TPSA) is 76.3 Å². The molecule has 1 saturated heterocycles. The molecule has 1 aromatic rings. The van der Waals surface area contributed by atoms with Crippen molar-refractivity contribution >= 4 is 11.8 Å². The normalized spacial score (nSPS) is 23.2. The Kier molecular flexibility index (Phi) is 3.78. The lowest BCUT2D eigenvalue weighted by molar-refractivity contribution is -0.147. The van der Waals surface area contributed by atoms with E-state index < -0.39 is 17.6 Å². The van der Waals surface area contributed by atoms with Gasteiger partial charge < -0.3 is 10.6 Å². The monoisotopic (exact) mass is 265 g/mol. The molecule has 19 heavy (non-hydrogen) atoms. The second-order valence-corrected chi connectivity index (χ2v) is 4.96. The molecule has 1 fully saturated rings. The van der Waals surface area contributed by atoms with Gasteiger partial charge in [-0.1, -0.05) is 6.92 Å². The molecule has 0 radical (unpaired) electrons. The molecule has 1 aromatic heterocycles. The zero-order valence-corrected chi connectivity index (χ0v) is 10.7. The van der Waals surface area contributed by atoms with E-state index >= 15 is 0 Å². The first-order valence-corrected chi connectivity index (χ1v) is 6.20. The number of primary amides is 1. The molecular weight excluding hydrogens is 249 g/mol. The highest BCUT2D eigenvalue weighted by molar-refractivity contribution is 6.34. The maximum Gasteiger partial charge on any atom is 0.312 e. The van der Waals surface area contributed by atoms with Crippen molar-refractivity contribution in [2.75, 3.05) is 6.54 Å². The third-order valence-electron chi connectivity index (χ3n) is 3.40. The number of halogens is 1. The van der Waals surface area contributed by atoms with Crippen LogP contribution in [0.25, 0.3) is 0 Å². The zero-order valence-electron chi connectivity index (χ0n) is 10.7. The molecule has 5 nitrogen and oxygen atoms in total. The predicted octanol–water partition coefficient (Wildman–Crippen LogP) is 1.01. The predicted molar refractivity (Wildman–Crippen MR) is 66.2 cm³/mol. The number of amides is 2. The average molecular weight is 265 g/mol. The molecule has 1 aliphatic heterocycles. The molecule has 2 N–H and O–H groups in total. The molecule has 2 atom stereocenters. The number of aromatic nitrogens is 1. The van der Waals surface area contributed by atoms with Crippen LogP contribution < -0.4 is 5.73 Å². The Hall–Kier alpha value is -1.98. The molecule has 102 valence electrons. The van der Waals surface area contributed by atoms with Crippen LogP contribution in [0, 0.1) is 11.7 Å². The van der Waals surface area contributed by atoms with Gasteiger partial charge in [-0.3, -0.25) is 14.6 Å². The fraction of sp³-hybridized carbons (Fsp3) is 0.462. The lowest BCUT2D eigenvalue weighted by atomic mass is 9.90. The molecule has 0 aliphatic carbocycles. The Labute approximate surface area is 110 Å². The number of pyridine rings is 1. The number of hydrogen-bond acceptors (Lipinski definition) is 3. The molecule has 0 saturated carbocycles. The van der Waals surface area contributed by atoms with Crippen LogP contribution in [0.3, 0.4) is 0 Å². The number of carbonyl (C=O) groups is 2. The summed E-state index contributed by atoms with van der Waals surface area (Å²) in [5.74, 6) is -1.87. The van der Waals surface area contributed by atoms with E-state index in [1.54, 1.807) is 0 Å². The van der Waals surface area contributed by atoms with Crippen molar-refractivity contribution in [2.45, 2.75) is 25.8 Å². The number of rotatable bonds is 1. The highest BCUT2D eigenvalue weighted by Gasteiger charge is 2.33. The standard InChI is InChI=1S/C13H16FN3O2/c1-8-2-3-11(9-4-10(14)6-16-5-9)17(7-8)13(19)12(15)18/h4-6,8,11H,2-3,7H2,1H3,(H2,15,18). The number of carbonyl (C=O) groups excluding carboxylic acids is 2. The summed E-state index contributed by atoms with van der Waals surface area (Å²) < 4.78 is 13.2. The minimum atomic E-state index is -0.983. The quantitative estimate of drug-likeness (QED) is 0.770. The van der Waals surface area contributed by atoms with Crippen molar-refractivity contribution in [3.8, 4) is 0 Å². The van der Waals surface area contributed by atoms with Crippen LogP contribution >= 0.6 is 0 Å². The van der Waals surface area contributed by atoms with Crippen molar-refractivity contribution in [1.82, 2.24) is 9.88 Å². The Morgan fingerprint density at radius 3 is 2.79 bits per heavy atom. The fourth-order valence-electron chi connectivity index (χ4n) is 2.48. The van der Waals surface area contributed by atoms with E-state index in [2.05, 4.69) is 4.98 Å². The summed E-state index contributed by atoms with van der Waals surface area (Å²) in [4.78, 5) is 28.2. The Balaban J connectivity index is 2.30. The first-order chi connectivity index (χ1) is 8.99. The lowest BCUT2D eigenvalue weighted by Gasteiger charge is -2.38. The van der Waals surface area contributed by atoms with E-state index in [-0.39, 0.29) is 6.04 Å². The van der Waals surface area contributed by atoms with Gasteiger partial charge >= 0.3 is 11.8 Å². The van der Waals surface area contributed by atoms with Gasteiger partial charge in [0.05, 0.1) is 12.2 Å². The van der Waals surface area contributed by atoms with Crippen LogP contribution in [0.5, 0.6) is 0 Å². The third-order valence-corrected chi connectivity index (χ3v) is 3.40. The van der Waals surface area contributed by atoms with Gasteiger partial charge in [-0.25, -0.2) is 4.39 Å². The summed E-state index contributed by atoms with van der Waals surface area (Å²) in [5, 5.41) is 0. The Morgan fingerprint density at radius 1 is 1.42 bits per heavy atom. The summed E-state index contributed by atoms with van der Waals surface area (Å²) in [6, 6.07) is 1.01. The highest BCUT2D eigenvalue weighted by Crippen LogP contribution is 2.33. The van der Waals surface area contributed by atoms with E-state index in [0.717, 1.165) is 12.6 Å². The van der Waals surface area contributed by atoms with Gasteiger partial charge in [-0.2, -0.15) is 0 Å². The Morgan fingerprint density at radius 2 is 2.16 bits per heavy atom. The van der Waals surface area contributed by atoms with Gasteiger partial charge in [-0.05, 0) is 30.4 Å². The number of hydrogen-bond donors (Lipinski definition) is 1. The van der Waals surface area contributed by atoms with Gasteiger partial charge in [-0.15, -0.1) is 0 Å². The van der Waals surface area contributed by atoms with Crippen molar-refractivity contribution in [3.63, 3.8) is 0 Å². The molecule has 2 heterocycles. The first kappa shape index (κ1) is 13.5. The minimum absolute atomic E-state index is 0.293. The van der Waals surface area contributed by atoms with Crippen molar-refractivity contribution in [2.24, 2.45) is 11.7 Å². The van der Waals surface area contributed by atoms with Crippen LogP contribution in [-0.4, -0.2) is 28.2 Å². The Bertz CT molecular complexity index is 506. The first-order valence-electron chi connectivity index (χ1n) is 6.20. The molecule has 2 rings (SSSR count). The largest absolute Gasteiger partial charge is 0.361 e. The molecule has 2 unspecified atom stereocenters. The lowest BCUT2D eigenvalue weighted by Crippen LogP contribution is -2.46. The molecule has 1 aliphatic rings. The summed E-state index contributed by atoms with van der Waals surface area (Å²) in [7, 11) is 0. The minimum Gasteiger partial charge on any atom is -0.361 e. The number of nitrogens with zero attached hydrogens (tertiary/aromatic N) is 2. The van der Waals surface area contributed by atoms with Gasteiger partial charge in [0, 0.05) is 12.7 Å². The summed E-state index contributed by atoms with van der Waals surface area (Å²) in [5.41, 5.74) is 5.66. The van der Waals surface area contributed by atoms with Gasteiger partial charge in [0.25, 0.3) is 0 Å². The SMILES string of the molecule is CC1CCC(c2cncc(F)c2)N(C(=O)C(N)=O)C1. The van der Waals surface area contributed by atoms with E-state index in [1.165, 1.54) is 17.2 Å². The van der Waals surface area contributed by atoms with Crippen LogP contribution in [0.2, 0.25) is 0 Å². The highest BCUT2D eigenvalue weighted by atomic mass is 19.1. The third kappa shape index (κ3) is 2.89. The maximum atomic E-state index is 13.2. The van der Waals surface area contributed by atoms with E-state index in [0.29, 0.717) is 24.4 Å². The number of nitrogens with two attached hydrogens (primary N) is 1. The molecule has 0 spiro atoms. The van der Waals surface area contributed by atoms with Crippen LogP contribution in [0.4, 0.5) is 4.39 Å². The van der Waals surface area contributed by atoms with Crippen molar-refractivity contribution < 1.29 is 14.0 Å². The van der Waals surface area contributed by atoms with Gasteiger partial charge in [0.2, 0.25) is 0 Å². The summed E-state index contributed by atoms with van der Waals surface area (Å²) in [6.45, 7) is 2.45. The second kappa shape index (κ2) is 5.34. The van der Waals surface area contributed by atoms with E-state index in [9.17, 15) is 14.0 Å². The molecule has 2 amide bonds. The smallest absolute Gasteiger partial charge is 0.312 e. The molecule has 0 bridgehead atoms. The average Bonchev–Trinajstić information content (AvgIpc) is 2.37. The molecule has 0 aromatic carbocycles. The van der Waals surface area contributed by atoms with Gasteiger partial charge in [0.1, 0.15) is 5.82 Å². The summed E-state index contributed by atoms with van der Waals surface area (Å²) in [6.07, 6.45) is 4.20. The fourth-order valence-corrected chi connectivity index (χ4v) is 2.48. The molecule has 6 heteroatoms. The maximum absolute atomic E-state index is 13.2. The zero-order chi connectivity index (χ0) is 14.0. The van der Waals surface area contributed by atoms with Gasteiger partial charge in [0.15, 0.2) is 0 Å². The van der Waals surface area contributed by atoms with E-state index in [1.807, 2.05) is 6.92 Å². The van der Waals surface area contributed by atoms with E-state index in [4.69, 9.17) is 5.73 Å². The number of piperidine rings is 1. The molecular formula is C13H16FN3O2. The van der Waals surface area contributed by atoms with Crippen LogP contribution in [-0.2, 0) is 9.59 Å². The van der Waals surface area contributed by atoms with Crippen molar-refractivity contribution in [3.05, 3.63) is 29.8 Å². The van der Waals surface area contributed by atoms with Crippen LogP contribution in [0.15, 0.2) is 18.5 Å². The van der Waals surface area contributed by atoms with Crippen LogP contribution in [0.1, 0.15) is 31.4 Å². The number of likely N-dealkylation sites (tertiary alicyclic amines) is 1.